The molecule has 0 aliphatic rings. The third-order valence-corrected chi connectivity index (χ3v) is 3.73. The lowest BCUT2D eigenvalue weighted by Gasteiger charge is -2.12. The average Bonchev–Trinajstić information content (AvgIpc) is 2.62. The third-order valence-electron chi connectivity index (χ3n) is 3.73. The van der Waals surface area contributed by atoms with E-state index >= 15 is 0 Å². The van der Waals surface area contributed by atoms with Gasteiger partial charge >= 0.3 is 0 Å². The van der Waals surface area contributed by atoms with Crippen LogP contribution in [0.3, 0.4) is 0 Å². The zero-order chi connectivity index (χ0) is 18.2. The minimum Gasteiger partial charge on any atom is -0.355 e. The summed E-state index contributed by atoms with van der Waals surface area (Å²) in [6, 6.07) is 14.4. The number of anilines is 1. The number of carbonyl (C=O) groups is 3. The first-order valence-corrected chi connectivity index (χ1v) is 7.93. The van der Waals surface area contributed by atoms with Crippen molar-refractivity contribution in [2.45, 2.75) is 13.3 Å². The van der Waals surface area contributed by atoms with E-state index in [9.17, 15) is 14.4 Å². The van der Waals surface area contributed by atoms with Crippen LogP contribution in [-0.4, -0.2) is 31.3 Å². The van der Waals surface area contributed by atoms with Crippen LogP contribution in [0.1, 0.15) is 21.5 Å². The van der Waals surface area contributed by atoms with E-state index < -0.39 is 0 Å². The number of nitrogens with one attached hydrogen (secondary N) is 3. The number of carbonyl (C=O) groups excluding carboxylic acids is 3. The normalized spacial score (nSPS) is 10.0. The minimum absolute atomic E-state index is 0.130. The molecule has 2 aromatic carbocycles. The molecule has 0 saturated carbocycles. The summed E-state index contributed by atoms with van der Waals surface area (Å²) < 4.78 is 0. The standard InChI is InChI=1S/C19H21N3O3/c1-13-15(19(25)20-2)9-6-10-16(13)22-18(24)12-21-17(23)11-14-7-4-3-5-8-14/h3-10H,11-12H2,1-2H3,(H,20,25)(H,21,23)(H,22,24). The van der Waals surface area contributed by atoms with E-state index in [4.69, 9.17) is 0 Å². The molecule has 0 atom stereocenters. The highest BCUT2D eigenvalue weighted by molar-refractivity contribution is 6.00. The van der Waals surface area contributed by atoms with Gasteiger partial charge in [0.05, 0.1) is 13.0 Å². The summed E-state index contributed by atoms with van der Waals surface area (Å²) in [7, 11) is 1.55. The van der Waals surface area contributed by atoms with Crippen molar-refractivity contribution < 1.29 is 14.4 Å². The molecule has 0 saturated heterocycles. The molecule has 0 aromatic heterocycles. The van der Waals surface area contributed by atoms with E-state index in [0.717, 1.165) is 5.56 Å². The predicted octanol–water partition coefficient (Wildman–Crippen LogP) is 1.65. The van der Waals surface area contributed by atoms with Gasteiger partial charge in [-0.2, -0.15) is 0 Å². The number of hydrogen-bond donors (Lipinski definition) is 3. The minimum atomic E-state index is -0.349. The molecule has 2 aromatic rings. The van der Waals surface area contributed by atoms with Crippen LogP contribution in [0.4, 0.5) is 5.69 Å². The van der Waals surface area contributed by atoms with E-state index in [2.05, 4.69) is 16.0 Å². The van der Waals surface area contributed by atoms with Crippen LogP contribution in [-0.2, 0) is 16.0 Å². The van der Waals surface area contributed by atoms with Crippen LogP contribution in [0.25, 0.3) is 0 Å². The van der Waals surface area contributed by atoms with E-state index in [1.165, 1.54) is 0 Å². The van der Waals surface area contributed by atoms with Gasteiger partial charge in [-0.15, -0.1) is 0 Å². The van der Waals surface area contributed by atoms with Crippen molar-refractivity contribution in [3.8, 4) is 0 Å². The molecule has 6 nitrogen and oxygen atoms in total. The summed E-state index contributed by atoms with van der Waals surface area (Å²) in [6.07, 6.45) is 0.222. The van der Waals surface area contributed by atoms with Gasteiger partial charge in [-0.3, -0.25) is 14.4 Å². The Morgan fingerprint density at radius 2 is 1.64 bits per heavy atom. The zero-order valence-corrected chi connectivity index (χ0v) is 14.3. The second-order valence-corrected chi connectivity index (χ2v) is 5.54. The van der Waals surface area contributed by atoms with Crippen LogP contribution < -0.4 is 16.0 Å². The molecule has 0 spiro atoms. The summed E-state index contributed by atoms with van der Waals surface area (Å²) in [5.74, 6) is -0.791. The van der Waals surface area contributed by atoms with E-state index in [1.807, 2.05) is 30.3 Å². The first-order chi connectivity index (χ1) is 12.0. The molecule has 0 radical (unpaired) electrons. The molecule has 6 heteroatoms. The van der Waals surface area contributed by atoms with E-state index in [0.29, 0.717) is 16.8 Å². The quantitative estimate of drug-likeness (QED) is 0.748. The smallest absolute Gasteiger partial charge is 0.251 e. The number of hydrogen-bond acceptors (Lipinski definition) is 3. The van der Waals surface area contributed by atoms with Gasteiger partial charge in [0.1, 0.15) is 0 Å². The van der Waals surface area contributed by atoms with Gasteiger partial charge in [0, 0.05) is 18.3 Å². The lowest BCUT2D eigenvalue weighted by atomic mass is 10.1. The fourth-order valence-electron chi connectivity index (χ4n) is 2.37. The highest BCUT2D eigenvalue weighted by Gasteiger charge is 2.12. The maximum absolute atomic E-state index is 12.0. The Kier molecular flexibility index (Phi) is 6.28. The SMILES string of the molecule is CNC(=O)c1cccc(NC(=O)CNC(=O)Cc2ccccc2)c1C. The Labute approximate surface area is 146 Å². The molecule has 0 heterocycles. The Morgan fingerprint density at radius 1 is 0.920 bits per heavy atom. The highest BCUT2D eigenvalue weighted by atomic mass is 16.2. The molecule has 3 N–H and O–H groups in total. The van der Waals surface area contributed by atoms with Gasteiger partial charge in [0.25, 0.3) is 5.91 Å². The average molecular weight is 339 g/mol. The van der Waals surface area contributed by atoms with Crippen LogP contribution in [0.5, 0.6) is 0 Å². The van der Waals surface area contributed by atoms with Crippen molar-refractivity contribution in [1.29, 1.82) is 0 Å². The molecular weight excluding hydrogens is 318 g/mol. The Balaban J connectivity index is 1.90. The van der Waals surface area contributed by atoms with E-state index in [1.54, 1.807) is 32.2 Å². The first-order valence-electron chi connectivity index (χ1n) is 7.93. The fourth-order valence-corrected chi connectivity index (χ4v) is 2.37. The molecular formula is C19H21N3O3. The summed E-state index contributed by atoms with van der Waals surface area (Å²) in [6.45, 7) is 1.63. The molecule has 2 rings (SSSR count). The highest BCUT2D eigenvalue weighted by Crippen LogP contribution is 2.18. The van der Waals surface area contributed by atoms with E-state index in [-0.39, 0.29) is 30.7 Å². The monoisotopic (exact) mass is 339 g/mol. The van der Waals surface area contributed by atoms with Crippen molar-refractivity contribution in [2.75, 3.05) is 18.9 Å². The third kappa shape index (κ3) is 5.17. The number of rotatable bonds is 6. The van der Waals surface area contributed by atoms with Crippen molar-refractivity contribution in [2.24, 2.45) is 0 Å². The Hall–Kier alpha value is -3.15. The number of benzene rings is 2. The Bertz CT molecular complexity index is 773. The van der Waals surface area contributed by atoms with Crippen LogP contribution in [0, 0.1) is 6.92 Å². The molecule has 0 aliphatic carbocycles. The van der Waals surface area contributed by atoms with Gasteiger partial charge in [-0.1, -0.05) is 36.4 Å². The molecule has 25 heavy (non-hydrogen) atoms. The fraction of sp³-hybridized carbons (Fsp3) is 0.211. The maximum atomic E-state index is 12.0. The molecule has 130 valence electrons. The molecule has 0 fully saturated rings. The second-order valence-electron chi connectivity index (χ2n) is 5.54. The molecule has 0 aliphatic heterocycles. The van der Waals surface area contributed by atoms with Crippen LogP contribution in [0.15, 0.2) is 48.5 Å². The lowest BCUT2D eigenvalue weighted by Crippen LogP contribution is -2.34. The molecule has 3 amide bonds. The molecule has 0 unspecified atom stereocenters. The van der Waals surface area contributed by atoms with Crippen molar-refractivity contribution in [3.05, 3.63) is 65.2 Å². The summed E-state index contributed by atoms with van der Waals surface area (Å²) in [5.41, 5.74) is 2.59. The lowest BCUT2D eigenvalue weighted by molar-refractivity contribution is -0.123. The van der Waals surface area contributed by atoms with Gasteiger partial charge < -0.3 is 16.0 Å². The zero-order valence-electron chi connectivity index (χ0n) is 14.3. The van der Waals surface area contributed by atoms with Gasteiger partial charge in [0.15, 0.2) is 0 Å². The number of amides is 3. The maximum Gasteiger partial charge on any atom is 0.251 e. The van der Waals surface area contributed by atoms with Crippen LogP contribution >= 0.6 is 0 Å². The van der Waals surface area contributed by atoms with Crippen molar-refractivity contribution in [3.63, 3.8) is 0 Å². The van der Waals surface area contributed by atoms with Gasteiger partial charge in [-0.05, 0) is 30.2 Å². The van der Waals surface area contributed by atoms with Gasteiger partial charge in [0.2, 0.25) is 11.8 Å². The topological polar surface area (TPSA) is 87.3 Å². The molecule has 0 bridgehead atoms. The van der Waals surface area contributed by atoms with Crippen LogP contribution in [0.2, 0.25) is 0 Å². The summed E-state index contributed by atoms with van der Waals surface area (Å²) in [5, 5.41) is 7.86. The van der Waals surface area contributed by atoms with Gasteiger partial charge in [-0.25, -0.2) is 0 Å². The van der Waals surface area contributed by atoms with Crippen molar-refractivity contribution in [1.82, 2.24) is 10.6 Å². The Morgan fingerprint density at radius 3 is 2.32 bits per heavy atom. The first kappa shape index (κ1) is 18.2. The predicted molar refractivity (Wildman–Crippen MR) is 96.4 cm³/mol. The second kappa shape index (κ2) is 8.63. The summed E-state index contributed by atoms with van der Waals surface area (Å²) in [4.78, 5) is 35.7. The largest absolute Gasteiger partial charge is 0.355 e. The van der Waals surface area contributed by atoms with Crippen molar-refractivity contribution >= 4 is 23.4 Å². The summed E-state index contributed by atoms with van der Waals surface area (Å²) >= 11 is 0.